The average Bonchev–Trinajstić information content (AvgIpc) is 2.98. The maximum atomic E-state index is 12.2. The fourth-order valence-corrected chi connectivity index (χ4v) is 2.99. The molecule has 1 aromatic carbocycles. The second-order valence-corrected chi connectivity index (χ2v) is 6.35. The minimum Gasteiger partial charge on any atom is -0.492 e. The Morgan fingerprint density at radius 1 is 1.28 bits per heavy atom. The molecule has 0 aliphatic heterocycles. The molecule has 2 heterocycles. The van der Waals surface area contributed by atoms with Gasteiger partial charge in [-0.3, -0.25) is 4.79 Å². The van der Waals surface area contributed by atoms with Crippen LogP contribution in [0, 0.1) is 13.8 Å². The second-order valence-electron chi connectivity index (χ2n) is 5.41. The molecule has 130 valence electrons. The monoisotopic (exact) mass is 357 g/mol. The van der Waals surface area contributed by atoms with Crippen LogP contribution in [0.15, 0.2) is 35.5 Å². The minimum atomic E-state index is -0.142. The van der Waals surface area contributed by atoms with Crippen molar-refractivity contribution in [3.05, 3.63) is 41.7 Å². The van der Waals surface area contributed by atoms with E-state index in [-0.39, 0.29) is 11.7 Å². The molecule has 2 aromatic heterocycles. The summed E-state index contributed by atoms with van der Waals surface area (Å²) in [6.45, 7) is 6.31. The number of carbonyl (C=O) groups is 1. The van der Waals surface area contributed by atoms with Gasteiger partial charge in [0.05, 0.1) is 18.0 Å². The van der Waals surface area contributed by atoms with Crippen LogP contribution in [0.3, 0.4) is 0 Å². The third kappa shape index (κ3) is 4.08. The topological polar surface area (TPSA) is 81.4 Å². The lowest BCUT2D eigenvalue weighted by Crippen LogP contribution is -2.15. The van der Waals surface area contributed by atoms with E-state index in [1.807, 2.05) is 51.1 Å². The summed E-state index contributed by atoms with van der Waals surface area (Å²) in [7, 11) is 0. The van der Waals surface area contributed by atoms with E-state index < -0.39 is 0 Å². The number of thioether (sulfide) groups is 1. The van der Waals surface area contributed by atoms with Crippen LogP contribution in [-0.2, 0) is 4.79 Å². The molecule has 1 N–H and O–H groups in total. The average molecular weight is 357 g/mol. The number of anilines is 1. The highest BCUT2D eigenvalue weighted by Gasteiger charge is 2.12. The minimum absolute atomic E-state index is 0.142. The molecule has 0 saturated heterocycles. The molecule has 7 nitrogen and oxygen atoms in total. The van der Waals surface area contributed by atoms with E-state index in [0.717, 1.165) is 11.4 Å². The summed E-state index contributed by atoms with van der Waals surface area (Å²) in [4.78, 5) is 20.9. The van der Waals surface area contributed by atoms with Gasteiger partial charge in [-0.05, 0) is 39.0 Å². The molecule has 3 rings (SSSR count). The van der Waals surface area contributed by atoms with Crippen LogP contribution in [-0.4, -0.2) is 37.8 Å². The Bertz CT molecular complexity index is 909. The molecule has 0 aliphatic rings. The Morgan fingerprint density at radius 3 is 2.88 bits per heavy atom. The van der Waals surface area contributed by atoms with Crippen molar-refractivity contribution < 1.29 is 9.53 Å². The number of nitrogens with zero attached hydrogens (tertiary/aromatic N) is 4. The number of amides is 1. The smallest absolute Gasteiger partial charge is 0.253 e. The molecule has 8 heteroatoms. The number of benzene rings is 1. The Kier molecular flexibility index (Phi) is 5.18. The fourth-order valence-electron chi connectivity index (χ4n) is 2.38. The summed E-state index contributed by atoms with van der Waals surface area (Å²) in [5.41, 5.74) is 2.50. The zero-order chi connectivity index (χ0) is 17.8. The lowest BCUT2D eigenvalue weighted by atomic mass is 10.3. The molecule has 0 aliphatic carbocycles. The molecule has 0 radical (unpaired) electrons. The molecule has 0 spiro atoms. The van der Waals surface area contributed by atoms with E-state index in [1.54, 1.807) is 4.52 Å². The van der Waals surface area contributed by atoms with Crippen molar-refractivity contribution in [3.8, 4) is 5.75 Å². The summed E-state index contributed by atoms with van der Waals surface area (Å²) in [6, 6.07) is 9.30. The third-order valence-corrected chi connectivity index (χ3v) is 4.23. The Balaban J connectivity index is 1.66. The number of nitrogens with one attached hydrogen (secondary N) is 1. The second kappa shape index (κ2) is 7.52. The van der Waals surface area contributed by atoms with E-state index in [9.17, 15) is 4.79 Å². The molecule has 0 saturated carbocycles. The first-order chi connectivity index (χ1) is 12.1. The van der Waals surface area contributed by atoms with Crippen LogP contribution in [0.2, 0.25) is 0 Å². The first-order valence-corrected chi connectivity index (χ1v) is 8.91. The van der Waals surface area contributed by atoms with Gasteiger partial charge in [0.25, 0.3) is 5.78 Å². The van der Waals surface area contributed by atoms with E-state index in [0.29, 0.717) is 29.0 Å². The van der Waals surface area contributed by atoms with Gasteiger partial charge in [-0.2, -0.15) is 4.98 Å². The number of aromatic nitrogens is 4. The molecule has 3 aromatic rings. The van der Waals surface area contributed by atoms with Gasteiger partial charge < -0.3 is 10.1 Å². The highest BCUT2D eigenvalue weighted by molar-refractivity contribution is 7.99. The van der Waals surface area contributed by atoms with Crippen molar-refractivity contribution in [2.24, 2.45) is 0 Å². The maximum Gasteiger partial charge on any atom is 0.253 e. The summed E-state index contributed by atoms with van der Waals surface area (Å²) >= 11 is 1.27. The predicted molar refractivity (Wildman–Crippen MR) is 97.2 cm³/mol. The number of fused-ring (bicyclic) bond motifs is 1. The van der Waals surface area contributed by atoms with Gasteiger partial charge in [-0.15, -0.1) is 5.10 Å². The number of ether oxygens (including phenoxy) is 1. The third-order valence-electron chi connectivity index (χ3n) is 3.39. The first-order valence-electron chi connectivity index (χ1n) is 7.92. The summed E-state index contributed by atoms with van der Waals surface area (Å²) in [5.74, 6) is 1.26. The van der Waals surface area contributed by atoms with E-state index in [1.165, 1.54) is 11.8 Å². The van der Waals surface area contributed by atoms with Crippen molar-refractivity contribution >= 4 is 29.1 Å². The van der Waals surface area contributed by atoms with Crippen molar-refractivity contribution in [2.45, 2.75) is 25.9 Å². The van der Waals surface area contributed by atoms with Gasteiger partial charge in [-0.1, -0.05) is 23.9 Å². The highest BCUT2D eigenvalue weighted by Crippen LogP contribution is 2.24. The maximum absolute atomic E-state index is 12.2. The fraction of sp³-hybridized carbons (Fsp3) is 0.294. The van der Waals surface area contributed by atoms with E-state index >= 15 is 0 Å². The van der Waals surface area contributed by atoms with Gasteiger partial charge >= 0.3 is 0 Å². The number of para-hydroxylation sites is 2. The molecule has 0 unspecified atom stereocenters. The van der Waals surface area contributed by atoms with Gasteiger partial charge in [0.15, 0.2) is 0 Å². The number of hydrogen-bond acceptors (Lipinski definition) is 6. The first kappa shape index (κ1) is 17.2. The predicted octanol–water partition coefficient (Wildman–Crippen LogP) is 2.87. The lowest BCUT2D eigenvalue weighted by Gasteiger charge is -2.10. The van der Waals surface area contributed by atoms with Crippen LogP contribution < -0.4 is 10.1 Å². The van der Waals surface area contributed by atoms with Gasteiger partial charge in [0, 0.05) is 11.4 Å². The number of carbonyl (C=O) groups excluding carboxylic acids is 1. The van der Waals surface area contributed by atoms with Gasteiger partial charge in [0.1, 0.15) is 5.75 Å². The van der Waals surface area contributed by atoms with Crippen molar-refractivity contribution in [2.75, 3.05) is 17.7 Å². The summed E-state index contributed by atoms with van der Waals surface area (Å²) in [5, 5.41) is 7.76. The zero-order valence-corrected chi connectivity index (χ0v) is 15.1. The largest absolute Gasteiger partial charge is 0.492 e. The number of rotatable bonds is 6. The normalized spacial score (nSPS) is 10.8. The molecule has 0 atom stereocenters. The van der Waals surface area contributed by atoms with Crippen LogP contribution in [0.1, 0.15) is 18.3 Å². The lowest BCUT2D eigenvalue weighted by molar-refractivity contribution is -0.113. The van der Waals surface area contributed by atoms with Crippen LogP contribution in [0.5, 0.6) is 5.75 Å². The van der Waals surface area contributed by atoms with Gasteiger partial charge in [0.2, 0.25) is 11.1 Å². The standard InChI is InChI=1S/C17H19N5O2S/c1-4-24-14-8-6-5-7-13(14)19-15(23)10-25-17-20-16-18-11(2)9-12(3)22(16)21-17/h5-9H,4,10H2,1-3H3,(H,19,23). The van der Waals surface area contributed by atoms with Crippen LogP contribution >= 0.6 is 11.8 Å². The summed E-state index contributed by atoms with van der Waals surface area (Å²) in [6.07, 6.45) is 0. The zero-order valence-electron chi connectivity index (χ0n) is 14.3. The number of aryl methyl sites for hydroxylation is 2. The quantitative estimate of drug-likeness (QED) is 0.683. The van der Waals surface area contributed by atoms with E-state index in [4.69, 9.17) is 4.74 Å². The highest BCUT2D eigenvalue weighted by atomic mass is 32.2. The Hall–Kier alpha value is -2.61. The van der Waals surface area contributed by atoms with Crippen molar-refractivity contribution in [3.63, 3.8) is 0 Å². The molecule has 1 amide bonds. The SMILES string of the molecule is CCOc1ccccc1NC(=O)CSc1nc2nc(C)cc(C)n2n1. The van der Waals surface area contributed by atoms with Crippen molar-refractivity contribution in [1.82, 2.24) is 19.6 Å². The Morgan fingerprint density at radius 2 is 2.08 bits per heavy atom. The Labute approximate surface area is 149 Å². The molecular weight excluding hydrogens is 338 g/mol. The molecule has 0 bridgehead atoms. The van der Waals surface area contributed by atoms with Gasteiger partial charge in [-0.25, -0.2) is 9.50 Å². The van der Waals surface area contributed by atoms with Crippen molar-refractivity contribution in [1.29, 1.82) is 0 Å². The summed E-state index contributed by atoms with van der Waals surface area (Å²) < 4.78 is 7.19. The molecule has 25 heavy (non-hydrogen) atoms. The number of hydrogen-bond donors (Lipinski definition) is 1. The molecular formula is C17H19N5O2S. The van der Waals surface area contributed by atoms with Crippen LogP contribution in [0.4, 0.5) is 5.69 Å². The molecule has 0 fully saturated rings. The van der Waals surface area contributed by atoms with E-state index in [2.05, 4.69) is 20.4 Å². The van der Waals surface area contributed by atoms with Crippen LogP contribution in [0.25, 0.3) is 5.78 Å².